The van der Waals surface area contributed by atoms with Gasteiger partial charge in [-0.15, -0.1) is 0 Å². The third-order valence-electron chi connectivity index (χ3n) is 3.08. The highest BCUT2D eigenvalue weighted by Gasteiger charge is 2.20. The second-order valence-electron chi connectivity index (χ2n) is 4.70. The number of nitrogens with zero attached hydrogens (tertiary/aromatic N) is 1. The molecule has 1 aliphatic rings. The molecule has 2 rings (SSSR count). The van der Waals surface area contributed by atoms with E-state index in [1.165, 1.54) is 0 Å². The molecule has 1 fully saturated rings. The molecule has 1 atom stereocenters. The minimum absolute atomic E-state index is 0.0664. The second-order valence-corrected chi connectivity index (χ2v) is 5.10. The minimum atomic E-state index is -0.0664. The predicted molar refractivity (Wildman–Crippen MR) is 74.2 cm³/mol. The maximum absolute atomic E-state index is 12.1. The van der Waals surface area contributed by atoms with Crippen molar-refractivity contribution in [1.82, 2.24) is 10.2 Å². The average Bonchev–Trinajstić information content (AvgIpc) is 2.34. The first-order valence-electron chi connectivity index (χ1n) is 6.12. The van der Waals surface area contributed by atoms with Crippen molar-refractivity contribution in [2.45, 2.75) is 19.9 Å². The van der Waals surface area contributed by atoms with Crippen LogP contribution in [0.1, 0.15) is 12.5 Å². The van der Waals surface area contributed by atoms with Gasteiger partial charge in [0.05, 0.1) is 0 Å². The standard InChI is InChI=1S/C13H18ClN3O/c1-9-3-4-11(7-12(9)14)16-13(18)17-6-5-15-10(2)8-17/h3-4,7,10,15H,5-6,8H2,1-2H3,(H,16,18). The van der Waals surface area contributed by atoms with Crippen molar-refractivity contribution < 1.29 is 4.79 Å². The topological polar surface area (TPSA) is 44.4 Å². The van der Waals surface area contributed by atoms with Gasteiger partial charge in [-0.1, -0.05) is 17.7 Å². The highest BCUT2D eigenvalue weighted by molar-refractivity contribution is 6.31. The molecule has 0 bridgehead atoms. The van der Waals surface area contributed by atoms with Crippen LogP contribution in [0.25, 0.3) is 0 Å². The molecule has 1 heterocycles. The van der Waals surface area contributed by atoms with Crippen molar-refractivity contribution in [1.29, 1.82) is 0 Å². The van der Waals surface area contributed by atoms with E-state index in [1.807, 2.05) is 24.0 Å². The van der Waals surface area contributed by atoms with Gasteiger partial charge in [-0.25, -0.2) is 4.79 Å². The summed E-state index contributed by atoms with van der Waals surface area (Å²) in [5.41, 5.74) is 1.74. The SMILES string of the molecule is Cc1ccc(NC(=O)N2CCNC(C)C2)cc1Cl. The van der Waals surface area contributed by atoms with Crippen LogP contribution in [0, 0.1) is 6.92 Å². The zero-order chi connectivity index (χ0) is 13.1. The molecular weight excluding hydrogens is 250 g/mol. The third kappa shape index (κ3) is 3.15. The summed E-state index contributed by atoms with van der Waals surface area (Å²) < 4.78 is 0. The molecule has 1 saturated heterocycles. The molecule has 5 heteroatoms. The number of piperazine rings is 1. The van der Waals surface area contributed by atoms with Crippen molar-refractivity contribution in [3.8, 4) is 0 Å². The van der Waals surface area contributed by atoms with Gasteiger partial charge in [-0.05, 0) is 31.5 Å². The van der Waals surface area contributed by atoms with Crippen LogP contribution in [0.2, 0.25) is 5.02 Å². The van der Waals surface area contributed by atoms with Gasteiger partial charge in [-0.2, -0.15) is 0 Å². The number of anilines is 1. The number of halogens is 1. The first-order chi connectivity index (χ1) is 8.56. The minimum Gasteiger partial charge on any atom is -0.322 e. The number of benzene rings is 1. The molecule has 1 aliphatic heterocycles. The lowest BCUT2D eigenvalue weighted by Crippen LogP contribution is -2.52. The third-order valence-corrected chi connectivity index (χ3v) is 3.49. The summed E-state index contributed by atoms with van der Waals surface area (Å²) in [7, 11) is 0. The highest BCUT2D eigenvalue weighted by atomic mass is 35.5. The van der Waals surface area contributed by atoms with Gasteiger partial charge < -0.3 is 15.5 Å². The molecule has 0 radical (unpaired) electrons. The Bertz CT molecular complexity index is 450. The number of amides is 2. The number of urea groups is 1. The molecule has 1 aromatic rings. The summed E-state index contributed by atoms with van der Waals surface area (Å²) in [5.74, 6) is 0. The van der Waals surface area contributed by atoms with Crippen LogP contribution in [0.3, 0.4) is 0 Å². The van der Waals surface area contributed by atoms with Gasteiger partial charge in [0.2, 0.25) is 0 Å². The molecule has 98 valence electrons. The van der Waals surface area contributed by atoms with Gasteiger partial charge in [0, 0.05) is 36.4 Å². The molecule has 0 saturated carbocycles. The monoisotopic (exact) mass is 267 g/mol. The summed E-state index contributed by atoms with van der Waals surface area (Å²) in [6.07, 6.45) is 0. The summed E-state index contributed by atoms with van der Waals surface area (Å²) in [5, 5.41) is 6.85. The summed E-state index contributed by atoms with van der Waals surface area (Å²) in [6.45, 7) is 6.30. The number of carbonyl (C=O) groups excluding carboxylic acids is 1. The van der Waals surface area contributed by atoms with Gasteiger partial charge >= 0.3 is 6.03 Å². The lowest BCUT2D eigenvalue weighted by molar-refractivity contribution is 0.192. The van der Waals surface area contributed by atoms with Crippen LogP contribution in [0.15, 0.2) is 18.2 Å². The van der Waals surface area contributed by atoms with Gasteiger partial charge in [0.25, 0.3) is 0 Å². The molecule has 0 spiro atoms. The lowest BCUT2D eigenvalue weighted by Gasteiger charge is -2.31. The zero-order valence-electron chi connectivity index (χ0n) is 10.7. The van der Waals surface area contributed by atoms with E-state index in [4.69, 9.17) is 11.6 Å². The molecule has 4 nitrogen and oxygen atoms in total. The van der Waals surface area contributed by atoms with Gasteiger partial charge in [0.15, 0.2) is 0 Å². The molecular formula is C13H18ClN3O. The maximum Gasteiger partial charge on any atom is 0.321 e. The van der Waals surface area contributed by atoms with Gasteiger partial charge in [-0.3, -0.25) is 0 Å². The largest absolute Gasteiger partial charge is 0.322 e. The molecule has 2 amide bonds. The Morgan fingerprint density at radius 2 is 2.33 bits per heavy atom. The van der Waals surface area contributed by atoms with Crippen molar-refractivity contribution in [3.05, 3.63) is 28.8 Å². The van der Waals surface area contributed by atoms with E-state index in [0.29, 0.717) is 11.1 Å². The van der Waals surface area contributed by atoms with Crippen LogP contribution in [-0.4, -0.2) is 36.6 Å². The number of aryl methyl sites for hydroxylation is 1. The van der Waals surface area contributed by atoms with E-state index < -0.39 is 0 Å². The van der Waals surface area contributed by atoms with Crippen LogP contribution < -0.4 is 10.6 Å². The van der Waals surface area contributed by atoms with Crippen LogP contribution in [0.4, 0.5) is 10.5 Å². The number of carbonyl (C=O) groups is 1. The van der Waals surface area contributed by atoms with E-state index in [9.17, 15) is 4.79 Å². The summed E-state index contributed by atoms with van der Waals surface area (Å²) in [4.78, 5) is 13.9. The Balaban J connectivity index is 2.00. The predicted octanol–water partition coefficient (Wildman–Crippen LogP) is 2.47. The van der Waals surface area contributed by atoms with Crippen molar-refractivity contribution in [2.24, 2.45) is 0 Å². The highest BCUT2D eigenvalue weighted by Crippen LogP contribution is 2.20. The smallest absolute Gasteiger partial charge is 0.321 e. The fourth-order valence-electron chi connectivity index (χ4n) is 1.99. The van der Waals surface area contributed by atoms with Crippen LogP contribution >= 0.6 is 11.6 Å². The fraction of sp³-hybridized carbons (Fsp3) is 0.462. The Kier molecular flexibility index (Phi) is 4.09. The molecule has 2 N–H and O–H groups in total. The van der Waals surface area contributed by atoms with E-state index in [-0.39, 0.29) is 6.03 Å². The first-order valence-corrected chi connectivity index (χ1v) is 6.49. The van der Waals surface area contributed by atoms with E-state index in [0.717, 1.165) is 30.9 Å². The summed E-state index contributed by atoms with van der Waals surface area (Å²) in [6, 6.07) is 5.82. The second kappa shape index (κ2) is 5.59. The normalized spacial score (nSPS) is 19.7. The maximum atomic E-state index is 12.1. The molecule has 1 aromatic carbocycles. The van der Waals surface area contributed by atoms with E-state index in [2.05, 4.69) is 17.6 Å². The van der Waals surface area contributed by atoms with Crippen molar-refractivity contribution in [2.75, 3.05) is 25.0 Å². The fourth-order valence-corrected chi connectivity index (χ4v) is 2.17. The molecule has 1 unspecified atom stereocenters. The van der Waals surface area contributed by atoms with Gasteiger partial charge in [0.1, 0.15) is 0 Å². The van der Waals surface area contributed by atoms with Crippen molar-refractivity contribution >= 4 is 23.3 Å². The Morgan fingerprint density at radius 1 is 1.56 bits per heavy atom. The Morgan fingerprint density at radius 3 is 3.00 bits per heavy atom. The Labute approximate surface area is 112 Å². The van der Waals surface area contributed by atoms with E-state index in [1.54, 1.807) is 6.07 Å². The Hall–Kier alpha value is -1.26. The van der Waals surface area contributed by atoms with E-state index >= 15 is 0 Å². The van der Waals surface area contributed by atoms with Crippen LogP contribution in [0.5, 0.6) is 0 Å². The molecule has 0 aromatic heterocycles. The number of nitrogens with one attached hydrogen (secondary N) is 2. The van der Waals surface area contributed by atoms with Crippen LogP contribution in [-0.2, 0) is 0 Å². The number of rotatable bonds is 1. The zero-order valence-corrected chi connectivity index (χ0v) is 11.4. The van der Waals surface area contributed by atoms with Crippen molar-refractivity contribution in [3.63, 3.8) is 0 Å². The first kappa shape index (κ1) is 13.2. The summed E-state index contributed by atoms with van der Waals surface area (Å²) >= 11 is 6.03. The number of hydrogen-bond donors (Lipinski definition) is 2. The quantitative estimate of drug-likeness (QED) is 0.821. The molecule has 18 heavy (non-hydrogen) atoms. The number of hydrogen-bond acceptors (Lipinski definition) is 2. The lowest BCUT2D eigenvalue weighted by atomic mass is 10.2. The molecule has 0 aliphatic carbocycles. The average molecular weight is 268 g/mol.